The second-order valence-corrected chi connectivity index (χ2v) is 7.18. The van der Waals surface area contributed by atoms with E-state index in [0.717, 1.165) is 0 Å². The van der Waals surface area contributed by atoms with Gasteiger partial charge in [-0.25, -0.2) is 17.9 Å². The quantitative estimate of drug-likeness (QED) is 0.738. The SMILES string of the molecule is CCc1ccc(N)cc1S(=O)(=O)NC(=O)NC(C)(C)C. The molecule has 4 N–H and O–H groups in total. The number of hydrogen-bond acceptors (Lipinski definition) is 4. The van der Waals surface area contributed by atoms with Crippen LogP contribution in [0.5, 0.6) is 0 Å². The van der Waals surface area contributed by atoms with Crippen molar-refractivity contribution in [2.24, 2.45) is 0 Å². The van der Waals surface area contributed by atoms with E-state index in [-0.39, 0.29) is 4.90 Å². The molecule has 112 valence electrons. The number of carbonyl (C=O) groups excluding carboxylic acids is 1. The highest BCUT2D eigenvalue weighted by Crippen LogP contribution is 2.19. The zero-order valence-corrected chi connectivity index (χ0v) is 13.0. The lowest BCUT2D eigenvalue weighted by Gasteiger charge is -2.21. The molecule has 0 aliphatic carbocycles. The Morgan fingerprint density at radius 3 is 2.40 bits per heavy atom. The number of urea groups is 1. The minimum Gasteiger partial charge on any atom is -0.399 e. The average molecular weight is 299 g/mol. The van der Waals surface area contributed by atoms with Gasteiger partial charge in [-0.15, -0.1) is 0 Å². The molecule has 1 rings (SSSR count). The smallest absolute Gasteiger partial charge is 0.329 e. The molecule has 0 bridgehead atoms. The Bertz CT molecular complexity index is 604. The van der Waals surface area contributed by atoms with Crippen molar-refractivity contribution in [2.45, 2.75) is 44.6 Å². The van der Waals surface area contributed by atoms with Crippen molar-refractivity contribution in [3.63, 3.8) is 0 Å². The van der Waals surface area contributed by atoms with Gasteiger partial charge in [0.2, 0.25) is 0 Å². The van der Waals surface area contributed by atoms with Crippen LogP contribution in [-0.4, -0.2) is 20.0 Å². The van der Waals surface area contributed by atoms with E-state index in [2.05, 4.69) is 5.32 Å². The molecule has 0 aromatic heterocycles. The second-order valence-electron chi connectivity index (χ2n) is 5.53. The van der Waals surface area contributed by atoms with Crippen molar-refractivity contribution in [3.05, 3.63) is 23.8 Å². The molecule has 0 heterocycles. The first-order chi connectivity index (χ1) is 9.05. The molecule has 2 amide bonds. The Morgan fingerprint density at radius 2 is 1.90 bits per heavy atom. The predicted molar refractivity (Wildman–Crippen MR) is 78.8 cm³/mol. The van der Waals surface area contributed by atoms with E-state index < -0.39 is 21.6 Å². The summed E-state index contributed by atoms with van der Waals surface area (Å²) < 4.78 is 26.5. The third-order valence-electron chi connectivity index (χ3n) is 2.48. The summed E-state index contributed by atoms with van der Waals surface area (Å²) in [5, 5.41) is 2.54. The van der Waals surface area contributed by atoms with Crippen LogP contribution in [-0.2, 0) is 16.4 Å². The number of anilines is 1. The van der Waals surface area contributed by atoms with Gasteiger partial charge in [-0.2, -0.15) is 0 Å². The summed E-state index contributed by atoms with van der Waals surface area (Å²) in [6, 6.07) is 3.87. The van der Waals surface area contributed by atoms with Gasteiger partial charge in [0, 0.05) is 11.2 Å². The third-order valence-corrected chi connectivity index (χ3v) is 3.89. The summed E-state index contributed by atoms with van der Waals surface area (Å²) in [4.78, 5) is 11.7. The molecule has 6 nitrogen and oxygen atoms in total. The maximum atomic E-state index is 12.2. The summed E-state index contributed by atoms with van der Waals surface area (Å²) in [5.74, 6) is 0. The maximum absolute atomic E-state index is 12.2. The fourth-order valence-corrected chi connectivity index (χ4v) is 2.91. The molecule has 0 fully saturated rings. The van der Waals surface area contributed by atoms with Gasteiger partial charge in [0.25, 0.3) is 10.0 Å². The van der Waals surface area contributed by atoms with Gasteiger partial charge in [0.05, 0.1) is 4.90 Å². The maximum Gasteiger partial charge on any atom is 0.329 e. The van der Waals surface area contributed by atoms with Crippen LogP contribution in [0.4, 0.5) is 10.5 Å². The highest BCUT2D eigenvalue weighted by atomic mass is 32.2. The molecule has 0 radical (unpaired) electrons. The number of benzene rings is 1. The van der Waals surface area contributed by atoms with Gasteiger partial charge in [-0.3, -0.25) is 0 Å². The largest absolute Gasteiger partial charge is 0.399 e. The first-order valence-electron chi connectivity index (χ1n) is 6.28. The molecule has 0 spiro atoms. The van der Waals surface area contributed by atoms with E-state index in [1.807, 2.05) is 11.6 Å². The molecular weight excluding hydrogens is 278 g/mol. The molecule has 1 aromatic carbocycles. The highest BCUT2D eigenvalue weighted by molar-refractivity contribution is 7.90. The minimum absolute atomic E-state index is 0.0315. The molecular formula is C13H21N3O3S. The van der Waals surface area contributed by atoms with Gasteiger partial charge >= 0.3 is 6.03 Å². The first kappa shape index (κ1) is 16.3. The lowest BCUT2D eigenvalue weighted by atomic mass is 10.1. The van der Waals surface area contributed by atoms with Crippen molar-refractivity contribution in [1.29, 1.82) is 0 Å². The van der Waals surface area contributed by atoms with Crippen LogP contribution in [0, 0.1) is 0 Å². The van der Waals surface area contributed by atoms with Gasteiger partial charge in [-0.05, 0) is 44.9 Å². The van der Waals surface area contributed by atoms with Crippen LogP contribution < -0.4 is 15.8 Å². The van der Waals surface area contributed by atoms with E-state index in [0.29, 0.717) is 17.7 Å². The number of hydrogen-bond donors (Lipinski definition) is 3. The lowest BCUT2D eigenvalue weighted by Crippen LogP contribution is -2.48. The summed E-state index contributed by atoms with van der Waals surface area (Å²) in [6.45, 7) is 7.12. The zero-order chi connectivity index (χ0) is 15.6. The molecule has 0 saturated carbocycles. The van der Waals surface area contributed by atoms with Crippen LogP contribution in [0.25, 0.3) is 0 Å². The molecule has 20 heavy (non-hydrogen) atoms. The summed E-state index contributed by atoms with van der Waals surface area (Å²) >= 11 is 0. The van der Waals surface area contributed by atoms with E-state index in [1.54, 1.807) is 32.9 Å². The van der Waals surface area contributed by atoms with Crippen molar-refractivity contribution < 1.29 is 13.2 Å². The van der Waals surface area contributed by atoms with E-state index in [9.17, 15) is 13.2 Å². The first-order valence-corrected chi connectivity index (χ1v) is 7.77. The van der Waals surface area contributed by atoms with Crippen LogP contribution in [0.2, 0.25) is 0 Å². The number of nitrogens with two attached hydrogens (primary N) is 1. The van der Waals surface area contributed by atoms with E-state index in [4.69, 9.17) is 5.73 Å². The number of sulfonamides is 1. The topological polar surface area (TPSA) is 101 Å². The predicted octanol–water partition coefficient (Wildman–Crippen LogP) is 1.62. The van der Waals surface area contributed by atoms with Gasteiger partial charge in [0.1, 0.15) is 0 Å². The fraction of sp³-hybridized carbons (Fsp3) is 0.462. The number of amides is 2. The second kappa shape index (κ2) is 5.70. The van der Waals surface area contributed by atoms with Crippen molar-refractivity contribution in [3.8, 4) is 0 Å². The summed E-state index contributed by atoms with van der Waals surface area (Å²) in [7, 11) is -3.94. The Hall–Kier alpha value is -1.76. The normalized spacial score (nSPS) is 12.0. The molecule has 0 atom stereocenters. The lowest BCUT2D eigenvalue weighted by molar-refractivity contribution is 0.237. The number of nitrogen functional groups attached to an aromatic ring is 1. The third kappa shape index (κ3) is 4.41. The summed E-state index contributed by atoms with van der Waals surface area (Å²) in [6.07, 6.45) is 0.525. The minimum atomic E-state index is -3.94. The average Bonchev–Trinajstić information content (AvgIpc) is 2.25. The van der Waals surface area contributed by atoms with E-state index >= 15 is 0 Å². The standard InChI is InChI=1S/C13H21N3O3S/c1-5-9-6-7-10(14)8-11(9)20(18,19)16-12(17)15-13(2,3)4/h6-8H,5,14H2,1-4H3,(H2,15,16,17). The Kier molecular flexibility index (Phi) is 4.65. The molecule has 1 aromatic rings. The van der Waals surface area contributed by atoms with Crippen LogP contribution in [0.3, 0.4) is 0 Å². The number of carbonyl (C=O) groups is 1. The molecule has 0 saturated heterocycles. The van der Waals surface area contributed by atoms with Crippen LogP contribution in [0.15, 0.2) is 23.1 Å². The highest BCUT2D eigenvalue weighted by Gasteiger charge is 2.23. The van der Waals surface area contributed by atoms with Crippen molar-refractivity contribution >= 4 is 21.7 Å². The number of nitrogens with one attached hydrogen (secondary N) is 2. The van der Waals surface area contributed by atoms with Crippen molar-refractivity contribution in [2.75, 3.05) is 5.73 Å². The molecule has 0 unspecified atom stereocenters. The van der Waals surface area contributed by atoms with Crippen LogP contribution in [0.1, 0.15) is 33.3 Å². The molecule has 0 aliphatic rings. The fourth-order valence-electron chi connectivity index (χ4n) is 1.66. The van der Waals surface area contributed by atoms with Gasteiger partial charge in [0.15, 0.2) is 0 Å². The van der Waals surface area contributed by atoms with E-state index in [1.165, 1.54) is 6.07 Å². The Morgan fingerprint density at radius 1 is 1.30 bits per heavy atom. The molecule has 7 heteroatoms. The number of aryl methyl sites for hydroxylation is 1. The monoisotopic (exact) mass is 299 g/mol. The number of rotatable bonds is 3. The van der Waals surface area contributed by atoms with Crippen molar-refractivity contribution in [1.82, 2.24) is 10.0 Å². The van der Waals surface area contributed by atoms with Gasteiger partial charge in [-0.1, -0.05) is 13.0 Å². The zero-order valence-electron chi connectivity index (χ0n) is 12.1. The Labute approximate surface area is 119 Å². The van der Waals surface area contributed by atoms with Gasteiger partial charge < -0.3 is 11.1 Å². The molecule has 0 aliphatic heterocycles. The summed E-state index contributed by atoms with van der Waals surface area (Å²) in [5.41, 5.74) is 6.03. The van der Waals surface area contributed by atoms with Crippen LogP contribution >= 0.6 is 0 Å². The Balaban J connectivity index is 3.06.